The van der Waals surface area contributed by atoms with Gasteiger partial charge in [0.2, 0.25) is 0 Å². The number of phenolic OH excluding ortho intramolecular Hbond substituents is 1. The van der Waals surface area contributed by atoms with Crippen molar-refractivity contribution in [2.24, 2.45) is 5.92 Å². The Morgan fingerprint density at radius 1 is 1.11 bits per heavy atom. The second-order valence-corrected chi connectivity index (χ2v) is 11.1. The zero-order valence-corrected chi connectivity index (χ0v) is 21.9. The predicted molar refractivity (Wildman–Crippen MR) is 138 cm³/mol. The summed E-state index contributed by atoms with van der Waals surface area (Å²) in [5.74, 6) is 1.04. The van der Waals surface area contributed by atoms with Crippen LogP contribution in [-0.2, 0) is 17.2 Å². The van der Waals surface area contributed by atoms with Gasteiger partial charge in [0.05, 0.1) is 26.8 Å². The van der Waals surface area contributed by atoms with E-state index in [0.717, 1.165) is 6.07 Å². The molecule has 0 aliphatic carbocycles. The molecule has 3 heterocycles. The maximum absolute atomic E-state index is 13.4. The third kappa shape index (κ3) is 5.36. The number of hydrogen-bond acceptors (Lipinski definition) is 5. The molecule has 7 nitrogen and oxygen atoms in total. The zero-order chi connectivity index (χ0) is 26.2. The van der Waals surface area contributed by atoms with Crippen LogP contribution < -0.4 is 5.32 Å². The van der Waals surface area contributed by atoms with Crippen molar-refractivity contribution in [3.63, 3.8) is 0 Å². The van der Waals surface area contributed by atoms with Crippen LogP contribution >= 0.6 is 15.9 Å². The Morgan fingerprint density at radius 3 is 2.54 bits per heavy atom. The summed E-state index contributed by atoms with van der Waals surface area (Å²) >= 11 is 3.47. The molecule has 37 heavy (non-hydrogen) atoms. The first-order valence-corrected chi connectivity index (χ1v) is 13.5. The number of hydrogen-bond donors (Lipinski definition) is 2. The molecule has 4 aromatic rings. The summed E-state index contributed by atoms with van der Waals surface area (Å²) in [6, 6.07) is 13.8. The number of nitrogens with zero attached hydrogens (tertiary/aromatic N) is 4. The summed E-state index contributed by atoms with van der Waals surface area (Å²) in [7, 11) is -1.88. The summed E-state index contributed by atoms with van der Waals surface area (Å²) in [6.45, 7) is 1.44. The molecule has 1 aliphatic heterocycles. The molecule has 1 aliphatic rings. The van der Waals surface area contributed by atoms with Gasteiger partial charge in [-0.2, -0.15) is 22.8 Å². The first-order chi connectivity index (χ1) is 17.7. The Bertz CT molecular complexity index is 1450. The minimum absolute atomic E-state index is 0.119. The maximum atomic E-state index is 13.4. The van der Waals surface area contributed by atoms with Gasteiger partial charge in [0.25, 0.3) is 0 Å². The summed E-state index contributed by atoms with van der Waals surface area (Å²) in [5, 5.41) is 18.1. The molecule has 1 fully saturated rings. The van der Waals surface area contributed by atoms with Crippen molar-refractivity contribution in [3.8, 4) is 17.0 Å². The van der Waals surface area contributed by atoms with E-state index in [0.29, 0.717) is 59.7 Å². The van der Waals surface area contributed by atoms with Gasteiger partial charge < -0.3 is 10.4 Å². The first kappa shape index (κ1) is 25.7. The fourth-order valence-corrected chi connectivity index (χ4v) is 6.15. The van der Waals surface area contributed by atoms with Gasteiger partial charge in [-0.3, -0.25) is 0 Å². The van der Waals surface area contributed by atoms with Crippen LogP contribution in [0.25, 0.3) is 16.9 Å². The molecule has 0 spiro atoms. The van der Waals surface area contributed by atoms with Gasteiger partial charge in [-0.15, -0.1) is 0 Å². The Labute approximate surface area is 222 Å². The topological polar surface area (TPSA) is 82.8 Å². The summed E-state index contributed by atoms with van der Waals surface area (Å²) in [6.07, 6.45) is -1.55. The maximum Gasteiger partial charge on any atom is 0.417 e. The standard InChI is InChI=1S/C25H23BrF3N5O2S/c26-19-15-31-34-23(13-20(32-24(19)34)17-5-1-3-7-21(17)35)30-14-16-9-11-33(12-10-16)37(36)22-8-4-2-6-18(22)25(27,28)29/h1-8,13,15-16,30,35H,9-12,14H2. The fourth-order valence-electron chi connectivity index (χ4n) is 4.41. The number of halogens is 4. The van der Waals surface area contributed by atoms with Gasteiger partial charge in [-0.05, 0) is 59.0 Å². The molecule has 2 aromatic carbocycles. The lowest BCUT2D eigenvalue weighted by molar-refractivity contribution is -0.139. The third-order valence-corrected chi connectivity index (χ3v) is 8.50. The van der Waals surface area contributed by atoms with Gasteiger partial charge in [-0.1, -0.05) is 24.3 Å². The van der Waals surface area contributed by atoms with Gasteiger partial charge in [0, 0.05) is 31.3 Å². The largest absolute Gasteiger partial charge is 0.507 e. The number of aromatic hydroxyl groups is 1. The number of piperidine rings is 1. The van der Waals surface area contributed by atoms with Crippen molar-refractivity contribution in [2.45, 2.75) is 23.9 Å². The second kappa shape index (κ2) is 10.4. The normalized spacial score (nSPS) is 16.2. The van der Waals surface area contributed by atoms with Crippen LogP contribution in [0.3, 0.4) is 0 Å². The van der Waals surface area contributed by atoms with Crippen LogP contribution in [0.2, 0.25) is 0 Å². The molecule has 0 bridgehead atoms. The minimum Gasteiger partial charge on any atom is -0.507 e. The van der Waals surface area contributed by atoms with E-state index in [4.69, 9.17) is 0 Å². The van der Waals surface area contributed by atoms with E-state index in [-0.39, 0.29) is 16.6 Å². The fraction of sp³-hybridized carbons (Fsp3) is 0.280. The van der Waals surface area contributed by atoms with E-state index in [1.807, 2.05) is 12.1 Å². The molecule has 0 saturated carbocycles. The van der Waals surface area contributed by atoms with E-state index < -0.39 is 22.7 Å². The molecule has 1 saturated heterocycles. The van der Waals surface area contributed by atoms with E-state index >= 15 is 0 Å². The number of aromatic nitrogens is 3. The predicted octanol–water partition coefficient (Wildman–Crippen LogP) is 5.73. The summed E-state index contributed by atoms with van der Waals surface area (Å²) < 4.78 is 57.1. The average molecular weight is 594 g/mol. The van der Waals surface area contributed by atoms with Crippen LogP contribution in [0.4, 0.5) is 19.0 Å². The molecule has 1 atom stereocenters. The number of phenols is 1. The Morgan fingerprint density at radius 2 is 1.81 bits per heavy atom. The van der Waals surface area contributed by atoms with Gasteiger partial charge in [-0.25, -0.2) is 13.5 Å². The van der Waals surface area contributed by atoms with Crippen LogP contribution in [0.1, 0.15) is 18.4 Å². The molecule has 0 amide bonds. The quantitative estimate of drug-likeness (QED) is 0.298. The average Bonchev–Trinajstić information content (AvgIpc) is 3.27. The van der Waals surface area contributed by atoms with Crippen LogP contribution in [0.5, 0.6) is 5.75 Å². The number of fused-ring (bicyclic) bond motifs is 1. The number of benzene rings is 2. The Hall–Kier alpha value is -2.96. The molecule has 2 N–H and O–H groups in total. The monoisotopic (exact) mass is 593 g/mol. The van der Waals surface area contributed by atoms with Crippen molar-refractivity contribution < 1.29 is 22.5 Å². The number of para-hydroxylation sites is 1. The summed E-state index contributed by atoms with van der Waals surface area (Å²) in [4.78, 5) is 4.43. The third-order valence-electron chi connectivity index (χ3n) is 6.37. The van der Waals surface area contributed by atoms with E-state index in [2.05, 4.69) is 31.3 Å². The lowest BCUT2D eigenvalue weighted by atomic mass is 9.98. The number of anilines is 1. The highest BCUT2D eigenvalue weighted by Gasteiger charge is 2.36. The van der Waals surface area contributed by atoms with Gasteiger partial charge in [0.15, 0.2) is 5.65 Å². The zero-order valence-electron chi connectivity index (χ0n) is 19.5. The van der Waals surface area contributed by atoms with Crippen molar-refractivity contribution in [2.75, 3.05) is 25.0 Å². The van der Waals surface area contributed by atoms with Crippen LogP contribution in [0, 0.1) is 5.92 Å². The smallest absolute Gasteiger partial charge is 0.417 e. The molecular weight excluding hydrogens is 571 g/mol. The highest BCUT2D eigenvalue weighted by Crippen LogP contribution is 2.35. The van der Waals surface area contributed by atoms with Gasteiger partial charge >= 0.3 is 6.18 Å². The van der Waals surface area contributed by atoms with Gasteiger partial charge in [0.1, 0.15) is 22.6 Å². The minimum atomic E-state index is -4.55. The number of nitrogens with one attached hydrogen (secondary N) is 1. The van der Waals surface area contributed by atoms with Crippen LogP contribution in [-0.4, -0.2) is 47.9 Å². The highest BCUT2D eigenvalue weighted by molar-refractivity contribution is 9.10. The molecule has 0 radical (unpaired) electrons. The van der Waals surface area contributed by atoms with Crippen LogP contribution in [0.15, 0.2) is 70.2 Å². The van der Waals surface area contributed by atoms with E-state index in [9.17, 15) is 22.5 Å². The second-order valence-electron chi connectivity index (χ2n) is 8.77. The number of alkyl halides is 3. The van der Waals surface area contributed by atoms with Crippen molar-refractivity contribution in [1.82, 2.24) is 18.9 Å². The van der Waals surface area contributed by atoms with E-state index in [1.54, 1.807) is 33.2 Å². The molecule has 5 rings (SSSR count). The molecule has 2 aromatic heterocycles. The Balaban J connectivity index is 1.28. The molecule has 12 heteroatoms. The van der Waals surface area contributed by atoms with E-state index in [1.165, 1.54) is 18.2 Å². The Kier molecular flexibility index (Phi) is 7.24. The van der Waals surface area contributed by atoms with Crippen molar-refractivity contribution >= 4 is 38.4 Å². The van der Waals surface area contributed by atoms with Crippen molar-refractivity contribution in [3.05, 3.63) is 70.8 Å². The number of rotatable bonds is 6. The molecule has 194 valence electrons. The SMILES string of the molecule is O=S(c1ccccc1C(F)(F)F)N1CCC(CNc2cc(-c3ccccc3O)nc3c(Br)cnn23)CC1. The van der Waals surface area contributed by atoms with Crippen molar-refractivity contribution in [1.29, 1.82) is 0 Å². The first-order valence-electron chi connectivity index (χ1n) is 11.6. The lowest BCUT2D eigenvalue weighted by Gasteiger charge is -2.31. The summed E-state index contributed by atoms with van der Waals surface area (Å²) in [5.41, 5.74) is 0.917. The highest BCUT2D eigenvalue weighted by atomic mass is 79.9. The molecule has 1 unspecified atom stereocenters. The lowest BCUT2D eigenvalue weighted by Crippen LogP contribution is -2.37. The molecular formula is C25H23BrF3N5O2S.